The van der Waals surface area contributed by atoms with E-state index in [1.165, 1.54) is 24.3 Å². The van der Waals surface area contributed by atoms with Crippen molar-refractivity contribution >= 4 is 15.7 Å². The number of hydrogen-bond acceptors (Lipinski definition) is 6. The highest BCUT2D eigenvalue weighted by Crippen LogP contribution is 2.34. The largest absolute Gasteiger partial charge is 0.493 e. The van der Waals surface area contributed by atoms with Gasteiger partial charge in [0.2, 0.25) is 10.0 Å². The number of nitrogens with zero attached hydrogens (tertiary/aromatic N) is 1. The van der Waals surface area contributed by atoms with Gasteiger partial charge in [-0.25, -0.2) is 13.1 Å². The average Bonchev–Trinajstić information content (AvgIpc) is 2.66. The Morgan fingerprint density at radius 2 is 1.74 bits per heavy atom. The maximum Gasteiger partial charge on any atom is 0.289 e. The van der Waals surface area contributed by atoms with E-state index < -0.39 is 20.6 Å². The van der Waals surface area contributed by atoms with Crippen molar-refractivity contribution in [1.29, 1.82) is 0 Å². The monoisotopic (exact) mass is 392 g/mol. The zero-order valence-electron chi connectivity index (χ0n) is 15.0. The molecule has 9 heteroatoms. The highest BCUT2D eigenvalue weighted by Gasteiger charge is 2.30. The minimum atomic E-state index is -4.01. The van der Waals surface area contributed by atoms with Crippen molar-refractivity contribution in [2.75, 3.05) is 14.2 Å². The van der Waals surface area contributed by atoms with E-state index in [1.54, 1.807) is 14.2 Å². The van der Waals surface area contributed by atoms with Crippen molar-refractivity contribution in [2.45, 2.75) is 30.2 Å². The predicted molar refractivity (Wildman–Crippen MR) is 98.8 cm³/mol. The molecule has 0 aromatic heterocycles. The molecule has 1 aliphatic rings. The number of methoxy groups -OCH3 is 2. The van der Waals surface area contributed by atoms with Crippen molar-refractivity contribution in [2.24, 2.45) is 0 Å². The van der Waals surface area contributed by atoms with Crippen molar-refractivity contribution < 1.29 is 22.8 Å². The van der Waals surface area contributed by atoms with Crippen molar-refractivity contribution in [3.05, 3.63) is 57.6 Å². The van der Waals surface area contributed by atoms with Crippen LogP contribution in [0, 0.1) is 10.1 Å². The van der Waals surface area contributed by atoms with E-state index in [0.717, 1.165) is 11.1 Å². The number of nitrogens with one attached hydrogen (secondary N) is 1. The van der Waals surface area contributed by atoms with Gasteiger partial charge in [-0.2, -0.15) is 0 Å². The van der Waals surface area contributed by atoms with E-state index in [2.05, 4.69) is 4.72 Å². The van der Waals surface area contributed by atoms with Gasteiger partial charge < -0.3 is 9.47 Å². The fourth-order valence-corrected chi connectivity index (χ4v) is 4.74. The first-order valence-corrected chi connectivity index (χ1v) is 9.83. The van der Waals surface area contributed by atoms with Crippen molar-refractivity contribution in [3.63, 3.8) is 0 Å². The Bertz CT molecular complexity index is 974. The number of ether oxygens (including phenoxy) is 2. The number of nitro groups is 1. The van der Waals surface area contributed by atoms with Crippen LogP contribution in [-0.2, 0) is 22.9 Å². The molecule has 1 N–H and O–H groups in total. The summed E-state index contributed by atoms with van der Waals surface area (Å²) in [6.07, 6.45) is 1.72. The van der Waals surface area contributed by atoms with Crippen LogP contribution in [0.4, 0.5) is 5.69 Å². The normalized spacial score (nSPS) is 16.4. The van der Waals surface area contributed by atoms with Crippen LogP contribution in [0.15, 0.2) is 41.3 Å². The lowest BCUT2D eigenvalue weighted by molar-refractivity contribution is -0.387. The number of nitro benzene ring substituents is 1. The lowest BCUT2D eigenvalue weighted by Gasteiger charge is -2.26. The van der Waals surface area contributed by atoms with Gasteiger partial charge in [-0.3, -0.25) is 10.1 Å². The lowest BCUT2D eigenvalue weighted by atomic mass is 9.88. The van der Waals surface area contributed by atoms with Crippen LogP contribution in [0.1, 0.15) is 17.5 Å². The van der Waals surface area contributed by atoms with E-state index in [9.17, 15) is 18.5 Å². The van der Waals surface area contributed by atoms with E-state index in [0.29, 0.717) is 30.8 Å². The Morgan fingerprint density at radius 1 is 1.11 bits per heavy atom. The standard InChI is InChI=1S/C18H20N2O6S/c1-25-16-10-12-7-8-14(9-13(12)11-17(16)26-2)19-27(23,24)18-6-4-3-5-15(18)20(21)22/h3-6,10-11,14,19H,7-9H2,1-2H3. The molecule has 144 valence electrons. The number of hydrogen-bond donors (Lipinski definition) is 1. The highest BCUT2D eigenvalue weighted by molar-refractivity contribution is 7.89. The van der Waals surface area contributed by atoms with Crippen LogP contribution >= 0.6 is 0 Å². The number of aryl methyl sites for hydroxylation is 1. The summed E-state index contributed by atoms with van der Waals surface area (Å²) in [5, 5.41) is 11.1. The molecule has 27 heavy (non-hydrogen) atoms. The topological polar surface area (TPSA) is 108 Å². The summed E-state index contributed by atoms with van der Waals surface area (Å²) in [7, 11) is -0.905. The van der Waals surface area contributed by atoms with E-state index >= 15 is 0 Å². The second-order valence-electron chi connectivity index (χ2n) is 6.26. The Kier molecular flexibility index (Phi) is 5.33. The van der Waals surface area contributed by atoms with Gasteiger partial charge in [-0.05, 0) is 48.6 Å². The zero-order chi connectivity index (χ0) is 19.6. The third kappa shape index (κ3) is 3.88. The molecule has 1 atom stereocenters. The van der Waals surface area contributed by atoms with Crippen LogP contribution in [0.2, 0.25) is 0 Å². The summed E-state index contributed by atoms with van der Waals surface area (Å²) >= 11 is 0. The molecule has 1 aliphatic carbocycles. The van der Waals surface area contributed by atoms with Crippen LogP contribution in [0.25, 0.3) is 0 Å². The zero-order valence-corrected chi connectivity index (χ0v) is 15.8. The number of benzene rings is 2. The van der Waals surface area contributed by atoms with Gasteiger partial charge in [-0.15, -0.1) is 0 Å². The molecular formula is C18H20N2O6S. The molecule has 0 aliphatic heterocycles. The first-order valence-electron chi connectivity index (χ1n) is 8.35. The molecule has 0 saturated carbocycles. The Labute approximate surface area is 157 Å². The second-order valence-corrected chi connectivity index (χ2v) is 7.94. The third-order valence-corrected chi connectivity index (χ3v) is 6.18. The molecule has 8 nitrogen and oxygen atoms in total. The minimum Gasteiger partial charge on any atom is -0.493 e. The number of sulfonamides is 1. The number of para-hydroxylation sites is 1. The summed E-state index contributed by atoms with van der Waals surface area (Å²) < 4.78 is 38.6. The lowest BCUT2D eigenvalue weighted by Crippen LogP contribution is -2.39. The molecule has 0 amide bonds. The smallest absolute Gasteiger partial charge is 0.289 e. The van der Waals surface area contributed by atoms with Crippen molar-refractivity contribution in [3.8, 4) is 11.5 Å². The maximum absolute atomic E-state index is 12.7. The SMILES string of the molecule is COc1cc2c(cc1OC)CC(NS(=O)(=O)c1ccccc1[N+](=O)[O-])CC2. The molecule has 2 aromatic carbocycles. The van der Waals surface area contributed by atoms with Gasteiger partial charge in [0.05, 0.1) is 19.1 Å². The Hall–Kier alpha value is -2.65. The van der Waals surface area contributed by atoms with Crippen molar-refractivity contribution in [1.82, 2.24) is 4.72 Å². The molecule has 0 fully saturated rings. The van der Waals surface area contributed by atoms with Crippen LogP contribution in [0.5, 0.6) is 11.5 Å². The molecule has 0 radical (unpaired) electrons. The predicted octanol–water partition coefficient (Wildman–Crippen LogP) is 2.45. The molecule has 3 rings (SSSR count). The summed E-state index contributed by atoms with van der Waals surface area (Å²) in [6, 6.07) is 8.72. The molecule has 0 bridgehead atoms. The minimum absolute atomic E-state index is 0.326. The highest BCUT2D eigenvalue weighted by atomic mass is 32.2. The van der Waals surface area contributed by atoms with Gasteiger partial charge in [0.15, 0.2) is 16.4 Å². The number of rotatable bonds is 6. The van der Waals surface area contributed by atoms with E-state index in [4.69, 9.17) is 9.47 Å². The molecule has 2 aromatic rings. The first kappa shape index (κ1) is 19.1. The van der Waals surface area contributed by atoms with Gasteiger partial charge >= 0.3 is 0 Å². The molecule has 1 unspecified atom stereocenters. The summed E-state index contributed by atoms with van der Waals surface area (Å²) in [6.45, 7) is 0. The molecular weight excluding hydrogens is 372 g/mol. The van der Waals surface area contributed by atoms with Crippen LogP contribution in [0.3, 0.4) is 0 Å². The Balaban J connectivity index is 1.85. The van der Waals surface area contributed by atoms with E-state index in [-0.39, 0.29) is 10.9 Å². The second kappa shape index (κ2) is 7.53. The summed E-state index contributed by atoms with van der Waals surface area (Å²) in [5.74, 6) is 1.22. The van der Waals surface area contributed by atoms with E-state index in [1.807, 2.05) is 12.1 Å². The fraction of sp³-hybridized carbons (Fsp3) is 0.333. The van der Waals surface area contributed by atoms with Gasteiger partial charge in [0.25, 0.3) is 5.69 Å². The fourth-order valence-electron chi connectivity index (χ4n) is 3.30. The van der Waals surface area contributed by atoms with Crippen LogP contribution < -0.4 is 14.2 Å². The number of fused-ring (bicyclic) bond motifs is 1. The van der Waals surface area contributed by atoms with Crippen LogP contribution in [-0.4, -0.2) is 33.6 Å². The first-order chi connectivity index (χ1) is 12.9. The summed E-state index contributed by atoms with van der Waals surface area (Å²) in [5.41, 5.74) is 1.61. The maximum atomic E-state index is 12.7. The molecule has 0 heterocycles. The average molecular weight is 392 g/mol. The quantitative estimate of drug-likeness (QED) is 0.598. The van der Waals surface area contributed by atoms with Gasteiger partial charge in [0, 0.05) is 12.1 Å². The Morgan fingerprint density at radius 3 is 2.37 bits per heavy atom. The summed E-state index contributed by atoms with van der Waals surface area (Å²) in [4.78, 5) is 10.1. The molecule has 0 saturated heterocycles. The molecule has 0 spiro atoms. The van der Waals surface area contributed by atoms with Gasteiger partial charge in [-0.1, -0.05) is 12.1 Å². The van der Waals surface area contributed by atoms with Gasteiger partial charge in [0.1, 0.15) is 0 Å². The third-order valence-electron chi connectivity index (χ3n) is 4.61.